The minimum Gasteiger partial charge on any atom is -0.399 e. The summed E-state index contributed by atoms with van der Waals surface area (Å²) in [5, 5.41) is 7.67. The van der Waals surface area contributed by atoms with Crippen LogP contribution in [0.3, 0.4) is 0 Å². The van der Waals surface area contributed by atoms with Gasteiger partial charge < -0.3 is 11.1 Å². The van der Waals surface area contributed by atoms with Crippen molar-refractivity contribution >= 4 is 38.7 Å². The van der Waals surface area contributed by atoms with E-state index in [0.717, 1.165) is 0 Å². The molecule has 2 rings (SSSR count). The van der Waals surface area contributed by atoms with Gasteiger partial charge in [0.15, 0.2) is 5.82 Å². The molecule has 0 radical (unpaired) electrons. The van der Waals surface area contributed by atoms with Gasteiger partial charge in [-0.15, -0.1) is 0 Å². The Morgan fingerprint density at radius 3 is 2.50 bits per heavy atom. The van der Waals surface area contributed by atoms with Crippen LogP contribution in [0.4, 0.5) is 21.5 Å². The Balaban J connectivity index is 2.52. The van der Waals surface area contributed by atoms with Crippen molar-refractivity contribution in [2.75, 3.05) is 11.1 Å². The number of hydrogen-bond acceptors (Lipinski definition) is 4. The summed E-state index contributed by atoms with van der Waals surface area (Å²) in [5.74, 6) is -0.689. The van der Waals surface area contributed by atoms with E-state index in [1.54, 1.807) is 0 Å². The van der Waals surface area contributed by atoms with E-state index in [0.29, 0.717) is 0 Å². The van der Waals surface area contributed by atoms with Crippen molar-refractivity contribution in [1.29, 1.82) is 0 Å². The molecule has 0 amide bonds. The maximum absolute atomic E-state index is 13.8. The number of primary sulfonamides is 1. The van der Waals surface area contributed by atoms with E-state index in [1.807, 2.05) is 0 Å². The Kier molecular flexibility index (Phi) is 3.85. The molecule has 2 aromatic rings. The second-order valence-electron chi connectivity index (χ2n) is 4.03. The van der Waals surface area contributed by atoms with Crippen LogP contribution in [0.2, 0.25) is 5.02 Å². The van der Waals surface area contributed by atoms with Crippen LogP contribution in [0.15, 0.2) is 41.3 Å². The SMILES string of the molecule is Nc1ccc(Nc2cccc(Cl)c2F)c(S(N)(=O)=O)c1. The van der Waals surface area contributed by atoms with Gasteiger partial charge in [0.05, 0.1) is 16.4 Å². The molecule has 0 bridgehead atoms. The normalized spacial score (nSPS) is 11.3. The summed E-state index contributed by atoms with van der Waals surface area (Å²) in [6, 6.07) is 8.40. The van der Waals surface area contributed by atoms with Crippen molar-refractivity contribution in [2.45, 2.75) is 4.90 Å². The van der Waals surface area contributed by atoms with E-state index in [4.69, 9.17) is 22.5 Å². The van der Waals surface area contributed by atoms with E-state index >= 15 is 0 Å². The van der Waals surface area contributed by atoms with Crippen LogP contribution in [-0.2, 0) is 10.0 Å². The van der Waals surface area contributed by atoms with Crippen LogP contribution < -0.4 is 16.2 Å². The number of nitrogens with two attached hydrogens (primary N) is 2. The van der Waals surface area contributed by atoms with Crippen molar-refractivity contribution in [1.82, 2.24) is 0 Å². The molecular weight excluding hydrogens is 305 g/mol. The first-order valence-corrected chi connectivity index (χ1v) is 7.35. The average molecular weight is 316 g/mol. The predicted octanol–water partition coefficient (Wildman–Crippen LogP) is 2.45. The molecule has 20 heavy (non-hydrogen) atoms. The first-order chi connectivity index (χ1) is 9.29. The van der Waals surface area contributed by atoms with Gasteiger partial charge in [-0.25, -0.2) is 17.9 Å². The van der Waals surface area contributed by atoms with Gasteiger partial charge in [0, 0.05) is 5.69 Å². The van der Waals surface area contributed by atoms with Gasteiger partial charge >= 0.3 is 0 Å². The highest BCUT2D eigenvalue weighted by Gasteiger charge is 2.16. The lowest BCUT2D eigenvalue weighted by molar-refractivity contribution is 0.598. The second kappa shape index (κ2) is 5.28. The average Bonchev–Trinajstić information content (AvgIpc) is 2.36. The molecule has 0 aromatic heterocycles. The van der Waals surface area contributed by atoms with Gasteiger partial charge in [-0.05, 0) is 30.3 Å². The Morgan fingerprint density at radius 2 is 1.85 bits per heavy atom. The van der Waals surface area contributed by atoms with Crippen molar-refractivity contribution in [3.8, 4) is 0 Å². The fourth-order valence-corrected chi connectivity index (χ4v) is 2.52. The van der Waals surface area contributed by atoms with E-state index in [2.05, 4.69) is 5.32 Å². The number of sulfonamides is 1. The largest absolute Gasteiger partial charge is 0.399 e. The second-order valence-corrected chi connectivity index (χ2v) is 5.96. The van der Waals surface area contributed by atoms with Crippen molar-refractivity contribution in [2.24, 2.45) is 5.14 Å². The molecule has 0 saturated carbocycles. The van der Waals surface area contributed by atoms with Crippen molar-refractivity contribution in [3.05, 3.63) is 47.2 Å². The Labute approximate surface area is 120 Å². The van der Waals surface area contributed by atoms with Gasteiger partial charge in [-0.3, -0.25) is 0 Å². The minimum absolute atomic E-state index is 0.0344. The van der Waals surface area contributed by atoms with Crippen molar-refractivity contribution in [3.63, 3.8) is 0 Å². The Bertz CT molecular complexity index is 765. The topological polar surface area (TPSA) is 98.2 Å². The lowest BCUT2D eigenvalue weighted by Gasteiger charge is -2.12. The summed E-state index contributed by atoms with van der Waals surface area (Å²) >= 11 is 5.66. The number of nitrogen functional groups attached to an aromatic ring is 1. The predicted molar refractivity (Wildman–Crippen MR) is 76.9 cm³/mol. The fraction of sp³-hybridized carbons (Fsp3) is 0. The highest BCUT2D eigenvalue weighted by molar-refractivity contribution is 7.89. The van der Waals surface area contributed by atoms with E-state index < -0.39 is 15.8 Å². The van der Waals surface area contributed by atoms with Gasteiger partial charge in [0.2, 0.25) is 10.0 Å². The van der Waals surface area contributed by atoms with Crippen LogP contribution in [-0.4, -0.2) is 8.42 Å². The summed E-state index contributed by atoms with van der Waals surface area (Å²) in [7, 11) is -4.00. The smallest absolute Gasteiger partial charge is 0.240 e. The molecule has 0 aliphatic carbocycles. The van der Waals surface area contributed by atoms with Crippen molar-refractivity contribution < 1.29 is 12.8 Å². The lowest BCUT2D eigenvalue weighted by atomic mass is 10.2. The molecule has 0 fully saturated rings. The molecule has 0 saturated heterocycles. The number of halogens is 2. The quantitative estimate of drug-likeness (QED) is 0.758. The minimum atomic E-state index is -4.00. The Hall–Kier alpha value is -1.83. The number of anilines is 3. The number of benzene rings is 2. The maximum Gasteiger partial charge on any atom is 0.240 e. The van der Waals surface area contributed by atoms with Gasteiger partial charge in [0.25, 0.3) is 0 Å². The van der Waals surface area contributed by atoms with Gasteiger partial charge in [0.1, 0.15) is 4.90 Å². The van der Waals surface area contributed by atoms with Crippen LogP contribution in [0, 0.1) is 5.82 Å². The standard InChI is InChI=1S/C12H11ClFN3O2S/c13-8-2-1-3-10(12(8)14)17-9-5-4-7(15)6-11(9)20(16,18)19/h1-6,17H,15H2,(H2,16,18,19). The highest BCUT2D eigenvalue weighted by atomic mass is 35.5. The monoisotopic (exact) mass is 315 g/mol. The summed E-state index contributed by atoms with van der Waals surface area (Å²) in [6.45, 7) is 0. The summed E-state index contributed by atoms with van der Waals surface area (Å²) in [5.41, 5.74) is 5.90. The maximum atomic E-state index is 13.8. The molecule has 0 spiro atoms. The number of hydrogen-bond donors (Lipinski definition) is 3. The van der Waals surface area contributed by atoms with Crippen LogP contribution in [0.25, 0.3) is 0 Å². The molecule has 8 heteroatoms. The van der Waals surface area contributed by atoms with E-state index in [9.17, 15) is 12.8 Å². The highest BCUT2D eigenvalue weighted by Crippen LogP contribution is 2.29. The molecule has 0 unspecified atom stereocenters. The number of nitrogens with one attached hydrogen (secondary N) is 1. The summed E-state index contributed by atoms with van der Waals surface area (Å²) < 4.78 is 36.8. The molecule has 0 atom stereocenters. The third-order valence-electron chi connectivity index (χ3n) is 2.53. The molecule has 5 N–H and O–H groups in total. The molecule has 2 aromatic carbocycles. The lowest BCUT2D eigenvalue weighted by Crippen LogP contribution is -2.14. The summed E-state index contributed by atoms with van der Waals surface area (Å²) in [6.07, 6.45) is 0. The van der Waals surface area contributed by atoms with Crippen LogP contribution in [0.1, 0.15) is 0 Å². The zero-order valence-electron chi connectivity index (χ0n) is 10.1. The zero-order valence-corrected chi connectivity index (χ0v) is 11.7. The van der Waals surface area contributed by atoms with Gasteiger partial charge in [-0.2, -0.15) is 0 Å². The zero-order chi connectivity index (χ0) is 14.9. The molecular formula is C12H11ClFN3O2S. The molecule has 0 aliphatic rings. The molecule has 106 valence electrons. The third-order valence-corrected chi connectivity index (χ3v) is 3.78. The van der Waals surface area contributed by atoms with E-state index in [1.165, 1.54) is 36.4 Å². The van der Waals surface area contributed by atoms with Crippen LogP contribution >= 0.6 is 11.6 Å². The first kappa shape index (κ1) is 14.6. The summed E-state index contributed by atoms with van der Waals surface area (Å²) in [4.78, 5) is -0.225. The van der Waals surface area contributed by atoms with Crippen LogP contribution in [0.5, 0.6) is 0 Å². The molecule has 0 aliphatic heterocycles. The fourth-order valence-electron chi connectivity index (χ4n) is 1.62. The Morgan fingerprint density at radius 1 is 1.15 bits per heavy atom. The third kappa shape index (κ3) is 3.01. The molecule has 5 nitrogen and oxygen atoms in total. The van der Waals surface area contributed by atoms with Gasteiger partial charge in [-0.1, -0.05) is 17.7 Å². The van der Waals surface area contributed by atoms with E-state index in [-0.39, 0.29) is 27.0 Å². The number of rotatable bonds is 3. The first-order valence-electron chi connectivity index (χ1n) is 5.42. The molecule has 0 heterocycles.